The largest absolute Gasteiger partial charge is 0.495 e. The molecule has 0 bridgehead atoms. The normalized spacial score (nSPS) is 13.1. The predicted molar refractivity (Wildman–Crippen MR) is 159 cm³/mol. The number of carbonyl (C=O) groups is 1. The summed E-state index contributed by atoms with van der Waals surface area (Å²) in [7, 11) is 1.62. The molecular weight excluding hydrogens is 506 g/mol. The molecule has 1 N–H and O–H groups in total. The van der Waals surface area contributed by atoms with Gasteiger partial charge in [0.25, 0.3) is 5.91 Å². The van der Waals surface area contributed by atoms with Gasteiger partial charge in [-0.1, -0.05) is 74.0 Å². The van der Waals surface area contributed by atoms with Crippen molar-refractivity contribution in [3.8, 4) is 28.1 Å². The number of nitrogens with one attached hydrogen (secondary N) is 1. The van der Waals surface area contributed by atoms with Crippen molar-refractivity contribution in [1.29, 1.82) is 0 Å². The first-order valence-electron chi connectivity index (χ1n) is 13.5. The number of halogens is 1. The molecule has 198 valence electrons. The number of carbonyl (C=O) groups excluding carboxylic acids is 1. The monoisotopic (exact) mass is 537 g/mol. The predicted octanol–water partition coefficient (Wildman–Crippen LogP) is 8.45. The highest BCUT2D eigenvalue weighted by Crippen LogP contribution is 2.40. The average Bonchev–Trinajstić information content (AvgIpc) is 3.36. The number of hydrogen-bond donors (Lipinski definition) is 1. The topological polar surface area (TPSA) is 47.7 Å². The van der Waals surface area contributed by atoms with E-state index in [1.807, 2.05) is 48.5 Å². The maximum Gasteiger partial charge on any atom is 0.273 e. The highest BCUT2D eigenvalue weighted by Gasteiger charge is 2.30. The molecule has 0 atom stereocenters. The van der Waals surface area contributed by atoms with E-state index in [1.165, 1.54) is 11.1 Å². The smallest absolute Gasteiger partial charge is 0.273 e. The van der Waals surface area contributed by atoms with Crippen molar-refractivity contribution in [1.82, 2.24) is 8.97 Å². The molecule has 0 radical (unpaired) electrons. The van der Waals surface area contributed by atoms with Crippen molar-refractivity contribution < 1.29 is 9.53 Å². The zero-order valence-electron chi connectivity index (χ0n) is 22.5. The third-order valence-corrected chi connectivity index (χ3v) is 7.96. The third kappa shape index (κ3) is 4.51. The van der Waals surface area contributed by atoms with Crippen molar-refractivity contribution in [3.63, 3.8) is 0 Å². The molecule has 0 aliphatic carbocycles. The van der Waals surface area contributed by atoms with Crippen LogP contribution in [-0.4, -0.2) is 22.0 Å². The number of anilines is 1. The van der Waals surface area contributed by atoms with E-state index >= 15 is 0 Å². The fourth-order valence-electron chi connectivity index (χ4n) is 5.74. The summed E-state index contributed by atoms with van der Waals surface area (Å²) in [6.07, 6.45) is 5.16. The van der Waals surface area contributed by atoms with Crippen LogP contribution in [0.4, 0.5) is 5.69 Å². The van der Waals surface area contributed by atoms with E-state index in [4.69, 9.17) is 16.3 Å². The van der Waals surface area contributed by atoms with Crippen LogP contribution in [0, 0.1) is 0 Å². The minimum atomic E-state index is -0.163. The van der Waals surface area contributed by atoms with Crippen molar-refractivity contribution >= 4 is 28.8 Å². The number of aryl methyl sites for hydroxylation is 2. The number of nitrogens with zero attached hydrogens (tertiary/aromatic N) is 2. The fourth-order valence-corrected chi connectivity index (χ4v) is 5.86. The van der Waals surface area contributed by atoms with Crippen LogP contribution in [0.25, 0.3) is 28.0 Å². The van der Waals surface area contributed by atoms with Gasteiger partial charge < -0.3 is 14.6 Å². The quantitative estimate of drug-likeness (QED) is 0.236. The molecular formula is C33H32ClN3O2. The summed E-state index contributed by atoms with van der Waals surface area (Å²) in [6, 6.07) is 24.1. The zero-order chi connectivity index (χ0) is 27.1. The van der Waals surface area contributed by atoms with Gasteiger partial charge in [0.15, 0.2) is 0 Å². The van der Waals surface area contributed by atoms with E-state index in [-0.39, 0.29) is 5.91 Å². The summed E-state index contributed by atoms with van der Waals surface area (Å²) in [5.41, 5.74) is 9.10. The Kier molecular flexibility index (Phi) is 6.69. The van der Waals surface area contributed by atoms with Crippen molar-refractivity contribution in [3.05, 3.63) is 101 Å². The molecule has 0 saturated heterocycles. The molecule has 6 rings (SSSR count). The number of para-hydroxylation sites is 2. The molecule has 3 aromatic carbocycles. The van der Waals surface area contributed by atoms with Crippen molar-refractivity contribution in [2.45, 2.75) is 45.6 Å². The number of hydrogen-bond acceptors (Lipinski definition) is 2. The van der Waals surface area contributed by atoms with Crippen LogP contribution in [-0.2, 0) is 13.0 Å². The molecule has 0 saturated carbocycles. The van der Waals surface area contributed by atoms with Crippen molar-refractivity contribution in [2.75, 3.05) is 12.4 Å². The van der Waals surface area contributed by atoms with Crippen LogP contribution >= 0.6 is 11.6 Å². The first-order chi connectivity index (χ1) is 19.0. The van der Waals surface area contributed by atoms with Crippen LogP contribution in [0.15, 0.2) is 79.0 Å². The second-order valence-electron chi connectivity index (χ2n) is 10.5. The second kappa shape index (κ2) is 10.3. The summed E-state index contributed by atoms with van der Waals surface area (Å²) in [6.45, 7) is 5.29. The molecule has 1 amide bonds. The van der Waals surface area contributed by atoms with Crippen LogP contribution in [0.5, 0.6) is 5.75 Å². The van der Waals surface area contributed by atoms with Gasteiger partial charge in [-0.05, 0) is 66.1 Å². The first kappa shape index (κ1) is 25.3. The zero-order valence-corrected chi connectivity index (χ0v) is 23.3. The van der Waals surface area contributed by atoms with Gasteiger partial charge in [-0.15, -0.1) is 0 Å². The van der Waals surface area contributed by atoms with E-state index in [0.29, 0.717) is 28.1 Å². The standard InChI is InChI=1S/C33H32ClN3O2/c1-21(2)22-11-13-24(14-12-22)30-26-8-6-7-19-36-28(23-15-17-25(34)18-16-23)20-37(33(26)36)31(30)32(38)35-27-9-4-5-10-29(27)39-3/h4-5,9-18,20-21H,6-8,19H2,1-3H3,(H,35,38). The third-order valence-electron chi connectivity index (χ3n) is 7.71. The number of rotatable bonds is 6. The van der Waals surface area contributed by atoms with Crippen LogP contribution < -0.4 is 10.1 Å². The van der Waals surface area contributed by atoms with Gasteiger partial charge in [0.1, 0.15) is 17.1 Å². The molecule has 2 aromatic heterocycles. The van der Waals surface area contributed by atoms with Gasteiger partial charge in [-0.25, -0.2) is 0 Å². The average molecular weight is 538 g/mol. The Morgan fingerprint density at radius 3 is 2.38 bits per heavy atom. The summed E-state index contributed by atoms with van der Waals surface area (Å²) in [5, 5.41) is 3.85. The lowest BCUT2D eigenvalue weighted by molar-refractivity contribution is 0.102. The molecule has 5 aromatic rings. The molecule has 3 heterocycles. The lowest BCUT2D eigenvalue weighted by Gasteiger charge is -2.13. The summed E-state index contributed by atoms with van der Waals surface area (Å²) in [5.74, 6) is 0.902. The maximum atomic E-state index is 14.2. The molecule has 0 fully saturated rings. The molecule has 5 nitrogen and oxygen atoms in total. The summed E-state index contributed by atoms with van der Waals surface area (Å²) < 4.78 is 10.00. The highest BCUT2D eigenvalue weighted by molar-refractivity contribution is 6.30. The second-order valence-corrected chi connectivity index (χ2v) is 10.9. The maximum absolute atomic E-state index is 14.2. The Morgan fingerprint density at radius 1 is 0.949 bits per heavy atom. The van der Waals surface area contributed by atoms with E-state index < -0.39 is 0 Å². The number of amides is 1. The minimum Gasteiger partial charge on any atom is -0.495 e. The van der Waals surface area contributed by atoms with Gasteiger partial charge in [-0.2, -0.15) is 0 Å². The lowest BCUT2D eigenvalue weighted by Crippen LogP contribution is -2.16. The number of methoxy groups -OCH3 is 1. The summed E-state index contributed by atoms with van der Waals surface area (Å²) >= 11 is 6.21. The molecule has 1 aliphatic rings. The first-order valence-corrected chi connectivity index (χ1v) is 13.9. The number of benzene rings is 3. The Labute approximate surface area is 234 Å². The molecule has 6 heteroatoms. The van der Waals surface area contributed by atoms with Crippen LogP contribution in [0.1, 0.15) is 54.2 Å². The Morgan fingerprint density at radius 2 is 1.67 bits per heavy atom. The van der Waals surface area contributed by atoms with E-state index in [2.05, 4.69) is 58.6 Å². The SMILES string of the molecule is COc1ccccc1NC(=O)c1c(-c2ccc(C(C)C)cc2)c2c3n(c(-c4ccc(Cl)cc4)cn13)CCCC2. The molecule has 39 heavy (non-hydrogen) atoms. The van der Waals surface area contributed by atoms with E-state index in [9.17, 15) is 4.79 Å². The number of ether oxygens (including phenoxy) is 1. The van der Waals surface area contributed by atoms with Gasteiger partial charge in [-0.3, -0.25) is 9.20 Å². The molecule has 0 unspecified atom stereocenters. The highest BCUT2D eigenvalue weighted by atomic mass is 35.5. The molecule has 0 spiro atoms. The number of aromatic nitrogens is 2. The van der Waals surface area contributed by atoms with Gasteiger partial charge in [0.05, 0.1) is 18.5 Å². The van der Waals surface area contributed by atoms with Gasteiger partial charge in [0, 0.05) is 28.9 Å². The van der Waals surface area contributed by atoms with Gasteiger partial charge in [0.2, 0.25) is 0 Å². The van der Waals surface area contributed by atoms with Crippen LogP contribution in [0.2, 0.25) is 5.02 Å². The Bertz CT molecular complexity index is 1660. The Hall–Kier alpha value is -3.96. The minimum absolute atomic E-state index is 0.163. The van der Waals surface area contributed by atoms with Gasteiger partial charge >= 0.3 is 0 Å². The van der Waals surface area contributed by atoms with E-state index in [1.54, 1.807) is 7.11 Å². The fraction of sp³-hybridized carbons (Fsp3) is 0.242. The van der Waals surface area contributed by atoms with E-state index in [0.717, 1.165) is 53.8 Å². The summed E-state index contributed by atoms with van der Waals surface area (Å²) in [4.78, 5) is 14.2. The lowest BCUT2D eigenvalue weighted by atomic mass is 9.95. The van der Waals surface area contributed by atoms with Crippen molar-refractivity contribution in [2.24, 2.45) is 0 Å². The van der Waals surface area contributed by atoms with Crippen LogP contribution in [0.3, 0.4) is 0 Å². The number of imidazole rings is 1. The molecule has 1 aliphatic heterocycles. The Balaban J connectivity index is 1.59.